The maximum absolute atomic E-state index is 12.4. The molecule has 0 unspecified atom stereocenters. The molecule has 0 amide bonds. The van der Waals surface area contributed by atoms with Crippen molar-refractivity contribution in [3.63, 3.8) is 0 Å². The predicted octanol–water partition coefficient (Wildman–Crippen LogP) is 1.61. The topological polar surface area (TPSA) is 41.6 Å². The predicted molar refractivity (Wildman–Crippen MR) is 41.8 cm³/mol. The van der Waals surface area contributed by atoms with E-state index in [0.717, 1.165) is 11.3 Å². The minimum atomic E-state index is -0.474. The van der Waals surface area contributed by atoms with Gasteiger partial charge in [-0.05, 0) is 18.2 Å². The molecule has 4 heteroatoms. The van der Waals surface area contributed by atoms with Gasteiger partial charge in [-0.2, -0.15) is 9.49 Å². The van der Waals surface area contributed by atoms with Crippen LogP contribution in [0.1, 0.15) is 0 Å². The molecule has 0 radical (unpaired) electrons. The third-order valence-electron chi connectivity index (χ3n) is 1.54. The largest absolute Gasteiger partial charge is 0.278 e. The second kappa shape index (κ2) is 2.73. The van der Waals surface area contributed by atoms with Crippen LogP contribution in [0.2, 0.25) is 0 Å². The van der Waals surface area contributed by atoms with Crippen LogP contribution < -0.4 is 0 Å². The van der Waals surface area contributed by atoms with Crippen LogP contribution >= 0.6 is 0 Å². The van der Waals surface area contributed by atoms with Gasteiger partial charge in [-0.15, -0.1) is 0 Å². The highest BCUT2D eigenvalue weighted by Gasteiger charge is 1.98. The molecule has 0 aliphatic heterocycles. The van der Waals surface area contributed by atoms with E-state index in [-0.39, 0.29) is 0 Å². The number of nitrogens with one attached hydrogen (secondary N) is 1. The van der Waals surface area contributed by atoms with Crippen molar-refractivity contribution in [3.8, 4) is 11.3 Å². The summed E-state index contributed by atoms with van der Waals surface area (Å²) in [7, 11) is 0. The Morgan fingerprint density at radius 1 is 1.25 bits per heavy atom. The zero-order valence-corrected chi connectivity index (χ0v) is 6.16. The highest BCUT2D eigenvalue weighted by molar-refractivity contribution is 5.56. The quantitative estimate of drug-likeness (QED) is 0.649. The molecule has 0 saturated carbocycles. The normalized spacial score (nSPS) is 10.1. The van der Waals surface area contributed by atoms with Gasteiger partial charge in [-0.3, -0.25) is 5.10 Å². The Hall–Kier alpha value is -1.71. The van der Waals surface area contributed by atoms with Crippen molar-refractivity contribution in [2.24, 2.45) is 0 Å². The summed E-state index contributed by atoms with van der Waals surface area (Å²) in [5.74, 6) is -0.474. The molecule has 0 aromatic carbocycles. The van der Waals surface area contributed by atoms with Gasteiger partial charge < -0.3 is 0 Å². The number of nitrogens with zero attached hydrogens (tertiary/aromatic N) is 2. The standard InChI is InChI=1S/C8H6FN3/c9-8-2-1-6(5-10-8)7-3-4-11-12-7/h1-5H,(H,11,12). The third-order valence-corrected chi connectivity index (χ3v) is 1.54. The summed E-state index contributed by atoms with van der Waals surface area (Å²) in [5.41, 5.74) is 1.66. The summed E-state index contributed by atoms with van der Waals surface area (Å²) in [5, 5.41) is 6.53. The average molecular weight is 163 g/mol. The van der Waals surface area contributed by atoms with Gasteiger partial charge in [0.1, 0.15) is 0 Å². The van der Waals surface area contributed by atoms with Crippen LogP contribution in [0, 0.1) is 5.95 Å². The van der Waals surface area contributed by atoms with E-state index in [4.69, 9.17) is 0 Å². The monoisotopic (exact) mass is 163 g/mol. The first-order valence-electron chi connectivity index (χ1n) is 3.47. The zero-order valence-electron chi connectivity index (χ0n) is 6.16. The van der Waals surface area contributed by atoms with Gasteiger partial charge in [0.15, 0.2) is 0 Å². The van der Waals surface area contributed by atoms with E-state index >= 15 is 0 Å². The highest BCUT2D eigenvalue weighted by Crippen LogP contribution is 2.13. The van der Waals surface area contributed by atoms with Crippen molar-refractivity contribution < 1.29 is 4.39 Å². The fraction of sp³-hybridized carbons (Fsp3) is 0. The molecule has 0 saturated heterocycles. The Kier molecular flexibility index (Phi) is 1.59. The molecule has 0 aliphatic carbocycles. The van der Waals surface area contributed by atoms with Gasteiger partial charge in [-0.1, -0.05) is 0 Å². The molecule has 0 fully saturated rings. The first-order chi connectivity index (χ1) is 5.86. The average Bonchev–Trinajstić information content (AvgIpc) is 2.58. The van der Waals surface area contributed by atoms with E-state index in [1.54, 1.807) is 18.3 Å². The lowest BCUT2D eigenvalue weighted by molar-refractivity contribution is 0.584. The van der Waals surface area contributed by atoms with Crippen LogP contribution in [0.25, 0.3) is 11.3 Å². The van der Waals surface area contributed by atoms with E-state index in [1.807, 2.05) is 0 Å². The summed E-state index contributed by atoms with van der Waals surface area (Å²) >= 11 is 0. The lowest BCUT2D eigenvalue weighted by Crippen LogP contribution is -1.83. The van der Waals surface area contributed by atoms with Gasteiger partial charge in [0.2, 0.25) is 5.95 Å². The van der Waals surface area contributed by atoms with Crippen molar-refractivity contribution in [1.82, 2.24) is 15.2 Å². The zero-order chi connectivity index (χ0) is 8.39. The Balaban J connectivity index is 2.43. The van der Waals surface area contributed by atoms with Crippen LogP contribution in [0.5, 0.6) is 0 Å². The van der Waals surface area contributed by atoms with Gasteiger partial charge >= 0.3 is 0 Å². The summed E-state index contributed by atoms with van der Waals surface area (Å²) in [6, 6.07) is 4.76. The lowest BCUT2D eigenvalue weighted by Gasteiger charge is -1.94. The van der Waals surface area contributed by atoms with Crippen LogP contribution in [0.4, 0.5) is 4.39 Å². The van der Waals surface area contributed by atoms with E-state index in [2.05, 4.69) is 15.2 Å². The van der Waals surface area contributed by atoms with Gasteiger partial charge in [0.05, 0.1) is 5.69 Å². The molecule has 0 bridgehead atoms. The van der Waals surface area contributed by atoms with E-state index in [9.17, 15) is 4.39 Å². The highest BCUT2D eigenvalue weighted by atomic mass is 19.1. The molecule has 2 aromatic heterocycles. The summed E-state index contributed by atoms with van der Waals surface area (Å²) < 4.78 is 12.4. The summed E-state index contributed by atoms with van der Waals surface area (Å²) in [6.45, 7) is 0. The lowest BCUT2D eigenvalue weighted by atomic mass is 10.2. The first-order valence-corrected chi connectivity index (χ1v) is 3.47. The Labute approximate surface area is 68.3 Å². The minimum absolute atomic E-state index is 0.474. The maximum atomic E-state index is 12.4. The first kappa shape index (κ1) is 6.97. The number of aromatic amines is 1. The smallest absolute Gasteiger partial charge is 0.212 e. The van der Waals surface area contributed by atoms with Crippen molar-refractivity contribution in [2.75, 3.05) is 0 Å². The number of rotatable bonds is 1. The van der Waals surface area contributed by atoms with Crippen molar-refractivity contribution in [3.05, 3.63) is 36.5 Å². The number of pyridine rings is 1. The van der Waals surface area contributed by atoms with E-state index in [1.165, 1.54) is 12.3 Å². The molecule has 2 heterocycles. The number of hydrogen-bond donors (Lipinski definition) is 1. The Morgan fingerprint density at radius 2 is 2.17 bits per heavy atom. The molecule has 2 aromatic rings. The molecule has 0 spiro atoms. The third kappa shape index (κ3) is 1.18. The number of halogens is 1. The Bertz CT molecular complexity index is 352. The molecule has 1 N–H and O–H groups in total. The van der Waals surface area contributed by atoms with Gasteiger partial charge in [0.25, 0.3) is 0 Å². The Morgan fingerprint density at radius 3 is 2.75 bits per heavy atom. The van der Waals surface area contributed by atoms with Crippen LogP contribution in [-0.4, -0.2) is 15.2 Å². The van der Waals surface area contributed by atoms with Crippen LogP contribution in [0.15, 0.2) is 30.6 Å². The molecule has 60 valence electrons. The molecular weight excluding hydrogens is 157 g/mol. The molecule has 0 atom stereocenters. The van der Waals surface area contributed by atoms with Crippen LogP contribution in [-0.2, 0) is 0 Å². The molecule has 0 aliphatic rings. The van der Waals surface area contributed by atoms with Crippen molar-refractivity contribution in [1.29, 1.82) is 0 Å². The number of aromatic nitrogens is 3. The molecule has 2 rings (SSSR count). The summed E-state index contributed by atoms with van der Waals surface area (Å²) in [4.78, 5) is 3.52. The van der Waals surface area contributed by atoms with Crippen LogP contribution in [0.3, 0.4) is 0 Å². The summed E-state index contributed by atoms with van der Waals surface area (Å²) in [6.07, 6.45) is 3.10. The van der Waals surface area contributed by atoms with Crippen molar-refractivity contribution >= 4 is 0 Å². The fourth-order valence-electron chi connectivity index (χ4n) is 0.952. The minimum Gasteiger partial charge on any atom is -0.278 e. The molecular formula is C8H6FN3. The van der Waals surface area contributed by atoms with E-state index in [0.29, 0.717) is 0 Å². The number of H-pyrrole nitrogens is 1. The second-order valence-electron chi connectivity index (χ2n) is 2.34. The van der Waals surface area contributed by atoms with Gasteiger partial charge in [0, 0.05) is 18.0 Å². The fourth-order valence-corrected chi connectivity index (χ4v) is 0.952. The SMILES string of the molecule is Fc1ccc(-c2ccn[nH]2)cn1. The number of hydrogen-bond acceptors (Lipinski definition) is 2. The van der Waals surface area contributed by atoms with Crippen molar-refractivity contribution in [2.45, 2.75) is 0 Å². The van der Waals surface area contributed by atoms with Gasteiger partial charge in [-0.25, -0.2) is 4.98 Å². The van der Waals surface area contributed by atoms with E-state index < -0.39 is 5.95 Å². The molecule has 3 nitrogen and oxygen atoms in total. The maximum Gasteiger partial charge on any atom is 0.212 e. The molecule has 12 heavy (non-hydrogen) atoms. The second-order valence-corrected chi connectivity index (χ2v) is 2.34.